The zero-order valence-corrected chi connectivity index (χ0v) is 12.3. The molecule has 2 aliphatic heterocycles. The van der Waals surface area contributed by atoms with Crippen LogP contribution in [0, 0.1) is 0 Å². The van der Waals surface area contributed by atoms with Crippen molar-refractivity contribution in [1.29, 1.82) is 0 Å². The van der Waals surface area contributed by atoms with Crippen molar-refractivity contribution in [3.63, 3.8) is 0 Å². The number of aliphatic hydroxyl groups is 1. The minimum Gasteiger partial charge on any atom is -0.388 e. The van der Waals surface area contributed by atoms with Gasteiger partial charge in [0.15, 0.2) is 0 Å². The van der Waals surface area contributed by atoms with Crippen LogP contribution >= 0.6 is 0 Å². The van der Waals surface area contributed by atoms with Crippen molar-refractivity contribution >= 4 is 5.91 Å². The molecule has 0 unspecified atom stereocenters. The highest BCUT2D eigenvalue weighted by Crippen LogP contribution is 2.26. The minimum absolute atomic E-state index is 0.0687. The number of carbonyl (C=O) groups is 1. The first kappa shape index (κ1) is 13.6. The maximum absolute atomic E-state index is 12.5. The lowest BCUT2D eigenvalue weighted by Gasteiger charge is -2.40. The van der Waals surface area contributed by atoms with Gasteiger partial charge in [-0.25, -0.2) is 0 Å². The van der Waals surface area contributed by atoms with Crippen LogP contribution in [-0.4, -0.2) is 64.2 Å². The molecule has 5 heteroatoms. The Bertz CT molecular complexity index is 515. The lowest BCUT2D eigenvalue weighted by Crippen LogP contribution is -2.52. The van der Waals surface area contributed by atoms with Gasteiger partial charge in [-0.2, -0.15) is 0 Å². The van der Waals surface area contributed by atoms with E-state index in [-0.39, 0.29) is 5.91 Å². The molecule has 0 atom stereocenters. The van der Waals surface area contributed by atoms with Gasteiger partial charge in [-0.05, 0) is 26.0 Å². The summed E-state index contributed by atoms with van der Waals surface area (Å²) in [7, 11) is 4.05. The van der Waals surface area contributed by atoms with E-state index < -0.39 is 5.60 Å². The molecule has 0 spiro atoms. The first-order valence-corrected chi connectivity index (χ1v) is 7.33. The highest BCUT2D eigenvalue weighted by Gasteiger charge is 2.36. The average molecular weight is 277 g/mol. The molecule has 3 rings (SSSR count). The first-order chi connectivity index (χ1) is 9.48. The van der Waals surface area contributed by atoms with E-state index in [4.69, 9.17) is 0 Å². The highest BCUT2D eigenvalue weighted by molar-refractivity contribution is 5.96. The molecule has 110 valence electrons. The smallest absolute Gasteiger partial charge is 0.255 e. The zero-order chi connectivity index (χ0) is 14.3. The fourth-order valence-corrected chi connectivity index (χ4v) is 3.28. The van der Waals surface area contributed by atoms with Crippen LogP contribution < -0.4 is 0 Å². The Morgan fingerprint density at radius 3 is 2.65 bits per heavy atom. The largest absolute Gasteiger partial charge is 0.388 e. The second kappa shape index (κ2) is 4.90. The fourth-order valence-electron chi connectivity index (χ4n) is 3.28. The molecule has 0 saturated carbocycles. The third kappa shape index (κ3) is 2.36. The van der Waals surface area contributed by atoms with E-state index in [0.29, 0.717) is 13.1 Å². The number of likely N-dealkylation sites (tertiary alicyclic amines) is 1. The minimum atomic E-state index is -0.714. The summed E-state index contributed by atoms with van der Waals surface area (Å²) in [5.74, 6) is 0.0687. The molecule has 0 aliphatic carbocycles. The SMILES string of the molecule is CN1CCC(O)(CN2CCc3c(ccn3C)C2=O)CC1. The third-order valence-electron chi connectivity index (χ3n) is 4.74. The quantitative estimate of drug-likeness (QED) is 0.855. The van der Waals surface area contributed by atoms with Crippen molar-refractivity contribution < 1.29 is 9.90 Å². The summed E-state index contributed by atoms with van der Waals surface area (Å²) in [6, 6.07) is 1.89. The van der Waals surface area contributed by atoms with E-state index in [1.54, 1.807) is 0 Å². The van der Waals surface area contributed by atoms with Crippen LogP contribution in [0.1, 0.15) is 28.9 Å². The Hall–Kier alpha value is -1.33. The predicted molar refractivity (Wildman–Crippen MR) is 76.7 cm³/mol. The summed E-state index contributed by atoms with van der Waals surface area (Å²) in [6.45, 7) is 2.97. The zero-order valence-electron chi connectivity index (χ0n) is 12.3. The Morgan fingerprint density at radius 1 is 1.25 bits per heavy atom. The Balaban J connectivity index is 1.72. The molecule has 1 amide bonds. The Kier molecular flexibility index (Phi) is 3.34. The van der Waals surface area contributed by atoms with Gasteiger partial charge in [0.2, 0.25) is 0 Å². The average Bonchev–Trinajstić information content (AvgIpc) is 2.79. The second-order valence-corrected chi connectivity index (χ2v) is 6.29. The van der Waals surface area contributed by atoms with Crippen molar-refractivity contribution in [2.45, 2.75) is 24.9 Å². The topological polar surface area (TPSA) is 48.7 Å². The number of fused-ring (bicyclic) bond motifs is 1. The number of hydrogen-bond acceptors (Lipinski definition) is 3. The van der Waals surface area contributed by atoms with Gasteiger partial charge >= 0.3 is 0 Å². The van der Waals surface area contributed by atoms with Crippen LogP contribution in [0.3, 0.4) is 0 Å². The van der Waals surface area contributed by atoms with Gasteiger partial charge in [0.05, 0.1) is 11.2 Å². The number of aryl methyl sites for hydroxylation is 1. The number of rotatable bonds is 2. The predicted octanol–water partition coefficient (Wildman–Crippen LogP) is 0.480. The number of hydrogen-bond donors (Lipinski definition) is 1. The van der Waals surface area contributed by atoms with Crippen LogP contribution in [0.2, 0.25) is 0 Å². The van der Waals surface area contributed by atoms with Gasteiger partial charge in [0.25, 0.3) is 5.91 Å². The van der Waals surface area contributed by atoms with Crippen molar-refractivity contribution in [3.8, 4) is 0 Å². The monoisotopic (exact) mass is 277 g/mol. The summed E-state index contributed by atoms with van der Waals surface area (Å²) >= 11 is 0. The maximum Gasteiger partial charge on any atom is 0.255 e. The van der Waals surface area contributed by atoms with Crippen molar-refractivity contribution in [2.24, 2.45) is 7.05 Å². The lowest BCUT2D eigenvalue weighted by molar-refractivity contribution is -0.0373. The molecule has 1 N–H and O–H groups in total. The molecule has 1 saturated heterocycles. The summed E-state index contributed by atoms with van der Waals surface area (Å²) in [6.07, 6.45) is 4.31. The normalized spacial score (nSPS) is 22.9. The van der Waals surface area contributed by atoms with Crippen LogP contribution in [0.15, 0.2) is 12.3 Å². The van der Waals surface area contributed by atoms with Gasteiger partial charge < -0.3 is 19.5 Å². The van der Waals surface area contributed by atoms with Crippen LogP contribution in [0.25, 0.3) is 0 Å². The highest BCUT2D eigenvalue weighted by atomic mass is 16.3. The first-order valence-electron chi connectivity index (χ1n) is 7.33. The van der Waals surface area contributed by atoms with Crippen LogP contribution in [0.5, 0.6) is 0 Å². The van der Waals surface area contributed by atoms with E-state index >= 15 is 0 Å². The molecule has 2 aliphatic rings. The summed E-state index contributed by atoms with van der Waals surface area (Å²) in [5.41, 5.74) is 1.20. The van der Waals surface area contributed by atoms with Crippen LogP contribution in [-0.2, 0) is 13.5 Å². The molecule has 1 aromatic rings. The second-order valence-electron chi connectivity index (χ2n) is 6.29. The molecule has 0 aromatic carbocycles. The van der Waals surface area contributed by atoms with E-state index in [1.807, 2.05) is 28.8 Å². The summed E-state index contributed by atoms with van der Waals surface area (Å²) < 4.78 is 2.02. The molecule has 3 heterocycles. The van der Waals surface area contributed by atoms with Crippen molar-refractivity contribution in [2.75, 3.05) is 33.2 Å². The Morgan fingerprint density at radius 2 is 1.95 bits per heavy atom. The molecule has 0 radical (unpaired) electrons. The summed E-state index contributed by atoms with van der Waals surface area (Å²) in [4.78, 5) is 16.6. The molecule has 1 aromatic heterocycles. The number of aromatic nitrogens is 1. The van der Waals surface area contributed by atoms with E-state index in [2.05, 4.69) is 11.9 Å². The Labute approximate surface area is 119 Å². The number of piperidine rings is 1. The lowest BCUT2D eigenvalue weighted by atomic mass is 9.90. The van der Waals surface area contributed by atoms with Gasteiger partial charge in [-0.15, -0.1) is 0 Å². The molecule has 0 bridgehead atoms. The van der Waals surface area contributed by atoms with E-state index in [1.165, 1.54) is 0 Å². The standard InChI is InChI=1S/C15H23N3O2/c1-16-9-5-15(20,6-10-16)11-18-8-4-13-12(14(18)19)3-7-17(13)2/h3,7,20H,4-6,8-11H2,1-2H3. The van der Waals surface area contributed by atoms with Gasteiger partial charge in [-0.1, -0.05) is 0 Å². The molecular weight excluding hydrogens is 254 g/mol. The van der Waals surface area contributed by atoms with E-state index in [0.717, 1.165) is 43.6 Å². The molecular formula is C15H23N3O2. The third-order valence-corrected chi connectivity index (χ3v) is 4.74. The molecule has 20 heavy (non-hydrogen) atoms. The molecule has 5 nitrogen and oxygen atoms in total. The van der Waals surface area contributed by atoms with Gasteiger partial charge in [0.1, 0.15) is 0 Å². The maximum atomic E-state index is 12.5. The van der Waals surface area contributed by atoms with Crippen molar-refractivity contribution in [1.82, 2.24) is 14.4 Å². The number of β-amino-alcohol motifs (C(OH)–C–C–N with tert-alkyl or cyclic N) is 1. The summed E-state index contributed by atoms with van der Waals surface area (Å²) in [5, 5.41) is 10.7. The van der Waals surface area contributed by atoms with Crippen molar-refractivity contribution in [3.05, 3.63) is 23.5 Å². The van der Waals surface area contributed by atoms with Gasteiger partial charge in [0, 0.05) is 51.5 Å². The number of nitrogens with zero attached hydrogens (tertiary/aromatic N) is 3. The number of carbonyl (C=O) groups excluding carboxylic acids is 1. The van der Waals surface area contributed by atoms with E-state index in [9.17, 15) is 9.90 Å². The number of amides is 1. The molecule has 1 fully saturated rings. The fraction of sp³-hybridized carbons (Fsp3) is 0.667. The van der Waals surface area contributed by atoms with Crippen LogP contribution in [0.4, 0.5) is 0 Å². The van der Waals surface area contributed by atoms with Gasteiger partial charge in [-0.3, -0.25) is 4.79 Å².